The first kappa shape index (κ1) is 13.4. The number of hydrogen-bond acceptors (Lipinski definition) is 5. The fourth-order valence-corrected chi connectivity index (χ4v) is 1.52. The maximum absolute atomic E-state index is 10.9. The van der Waals surface area contributed by atoms with Gasteiger partial charge in [-0.25, -0.2) is 4.98 Å². The summed E-state index contributed by atoms with van der Waals surface area (Å²) in [6.07, 6.45) is 1.62. The molecule has 1 aromatic heterocycles. The van der Waals surface area contributed by atoms with Crippen LogP contribution in [0.3, 0.4) is 0 Å². The van der Waals surface area contributed by atoms with Gasteiger partial charge in [0, 0.05) is 18.8 Å². The molecule has 1 rings (SSSR count). The van der Waals surface area contributed by atoms with Crippen LogP contribution in [0.2, 0.25) is 0 Å². The van der Waals surface area contributed by atoms with E-state index in [4.69, 9.17) is 0 Å². The largest absolute Gasteiger partial charge is 0.364 e. The van der Waals surface area contributed by atoms with Gasteiger partial charge in [0.1, 0.15) is 0 Å². The Morgan fingerprint density at radius 3 is 2.82 bits per heavy atom. The second-order valence-electron chi connectivity index (χ2n) is 4.18. The first-order valence-corrected chi connectivity index (χ1v) is 5.54. The number of nitro groups is 1. The van der Waals surface area contributed by atoms with E-state index in [1.165, 1.54) is 6.07 Å². The van der Waals surface area contributed by atoms with Crippen LogP contribution in [0, 0.1) is 23.0 Å². The lowest BCUT2D eigenvalue weighted by molar-refractivity contribution is -0.384. The van der Waals surface area contributed by atoms with Crippen molar-refractivity contribution in [2.45, 2.75) is 13.8 Å². The van der Waals surface area contributed by atoms with E-state index in [1.807, 2.05) is 7.05 Å². The average molecular weight is 238 g/mol. The highest BCUT2D eigenvalue weighted by atomic mass is 16.6. The predicted octanol–water partition coefficient (Wildman–Crippen LogP) is 1.57. The summed E-state index contributed by atoms with van der Waals surface area (Å²) in [6, 6.07) is 1.53. The monoisotopic (exact) mass is 238 g/mol. The van der Waals surface area contributed by atoms with Crippen LogP contribution in [0.15, 0.2) is 12.3 Å². The van der Waals surface area contributed by atoms with Crippen molar-refractivity contribution in [3.8, 4) is 0 Å². The topological polar surface area (TPSA) is 80.1 Å². The minimum Gasteiger partial charge on any atom is -0.364 e. The molecule has 6 heteroatoms. The summed E-state index contributed by atoms with van der Waals surface area (Å²) in [5.74, 6) is 0.714. The molecule has 0 fully saturated rings. The lowest BCUT2D eigenvalue weighted by atomic mass is 10.2. The van der Waals surface area contributed by atoms with E-state index in [0.717, 1.165) is 12.1 Å². The van der Waals surface area contributed by atoms with Gasteiger partial charge in [0.05, 0.1) is 4.92 Å². The Bertz CT molecular complexity index is 395. The highest BCUT2D eigenvalue weighted by Gasteiger charge is 2.15. The molecular weight excluding hydrogens is 220 g/mol. The van der Waals surface area contributed by atoms with Crippen LogP contribution in [-0.4, -0.2) is 30.0 Å². The van der Waals surface area contributed by atoms with Crippen molar-refractivity contribution in [2.24, 2.45) is 5.92 Å². The third-order valence-electron chi connectivity index (χ3n) is 2.37. The molecule has 1 unspecified atom stereocenters. The van der Waals surface area contributed by atoms with Crippen LogP contribution >= 0.6 is 0 Å². The van der Waals surface area contributed by atoms with E-state index >= 15 is 0 Å². The van der Waals surface area contributed by atoms with Crippen molar-refractivity contribution in [1.82, 2.24) is 10.3 Å². The van der Waals surface area contributed by atoms with Crippen molar-refractivity contribution in [3.05, 3.63) is 27.9 Å². The molecule has 0 aromatic carbocycles. The third kappa shape index (κ3) is 3.99. The van der Waals surface area contributed by atoms with E-state index < -0.39 is 4.92 Å². The lowest BCUT2D eigenvalue weighted by Gasteiger charge is -2.12. The molecule has 6 nitrogen and oxygen atoms in total. The molecule has 0 spiro atoms. The molecule has 0 bridgehead atoms. The van der Waals surface area contributed by atoms with E-state index in [2.05, 4.69) is 22.5 Å². The molecule has 0 amide bonds. The van der Waals surface area contributed by atoms with Gasteiger partial charge in [0.25, 0.3) is 0 Å². The second-order valence-corrected chi connectivity index (χ2v) is 4.18. The van der Waals surface area contributed by atoms with Crippen LogP contribution in [-0.2, 0) is 0 Å². The Balaban J connectivity index is 2.73. The van der Waals surface area contributed by atoms with Crippen LogP contribution < -0.4 is 10.6 Å². The van der Waals surface area contributed by atoms with Crippen molar-refractivity contribution in [1.29, 1.82) is 0 Å². The number of hydrogen-bond donors (Lipinski definition) is 2. The number of nitrogens with zero attached hydrogens (tertiary/aromatic N) is 2. The standard InChI is InChI=1S/C11H18N4O2/c1-8-4-10(15(16)17)11(13-6-8)14-7-9(2)5-12-3/h4,6,9,12H,5,7H2,1-3H3,(H,13,14). The second kappa shape index (κ2) is 6.15. The Kier molecular flexibility index (Phi) is 4.84. The highest BCUT2D eigenvalue weighted by Crippen LogP contribution is 2.22. The zero-order valence-corrected chi connectivity index (χ0v) is 10.4. The van der Waals surface area contributed by atoms with Gasteiger partial charge < -0.3 is 10.6 Å². The Labute approximate surface area is 101 Å². The summed E-state index contributed by atoms with van der Waals surface area (Å²) in [4.78, 5) is 14.5. The van der Waals surface area contributed by atoms with Gasteiger partial charge in [0.15, 0.2) is 0 Å². The van der Waals surface area contributed by atoms with E-state index in [9.17, 15) is 10.1 Å². The molecule has 1 heterocycles. The highest BCUT2D eigenvalue weighted by molar-refractivity contribution is 5.56. The van der Waals surface area contributed by atoms with Gasteiger partial charge in [-0.05, 0) is 32.0 Å². The number of nitrogens with one attached hydrogen (secondary N) is 2. The molecule has 0 saturated heterocycles. The summed E-state index contributed by atoms with van der Waals surface area (Å²) in [5.41, 5.74) is 0.812. The van der Waals surface area contributed by atoms with Gasteiger partial charge in [-0.2, -0.15) is 0 Å². The SMILES string of the molecule is CNCC(C)CNc1ncc(C)cc1[N+](=O)[O-]. The summed E-state index contributed by atoms with van der Waals surface area (Å²) in [7, 11) is 1.88. The maximum atomic E-state index is 10.9. The minimum absolute atomic E-state index is 0.0293. The third-order valence-corrected chi connectivity index (χ3v) is 2.37. The molecule has 94 valence electrons. The fourth-order valence-electron chi connectivity index (χ4n) is 1.52. The van der Waals surface area contributed by atoms with Gasteiger partial charge in [-0.15, -0.1) is 0 Å². The molecule has 17 heavy (non-hydrogen) atoms. The van der Waals surface area contributed by atoms with E-state index in [-0.39, 0.29) is 5.69 Å². The summed E-state index contributed by atoms with van der Waals surface area (Å²) < 4.78 is 0. The molecule has 1 aromatic rings. The number of anilines is 1. The fraction of sp³-hybridized carbons (Fsp3) is 0.545. The van der Waals surface area contributed by atoms with E-state index in [1.54, 1.807) is 13.1 Å². The van der Waals surface area contributed by atoms with Crippen molar-refractivity contribution in [2.75, 3.05) is 25.5 Å². The Morgan fingerprint density at radius 1 is 1.53 bits per heavy atom. The van der Waals surface area contributed by atoms with Gasteiger partial charge in [0.2, 0.25) is 5.82 Å². The van der Waals surface area contributed by atoms with Gasteiger partial charge in [-0.1, -0.05) is 6.92 Å². The first-order valence-electron chi connectivity index (χ1n) is 5.54. The zero-order chi connectivity index (χ0) is 12.8. The maximum Gasteiger partial charge on any atom is 0.311 e. The normalized spacial score (nSPS) is 12.2. The van der Waals surface area contributed by atoms with Crippen LogP contribution in [0.5, 0.6) is 0 Å². The Hall–Kier alpha value is -1.69. The quantitative estimate of drug-likeness (QED) is 0.580. The number of aromatic nitrogens is 1. The molecule has 2 N–H and O–H groups in total. The molecule has 1 atom stereocenters. The molecular formula is C11H18N4O2. The number of rotatable bonds is 6. The molecule has 0 saturated carbocycles. The summed E-state index contributed by atoms with van der Waals surface area (Å²) in [6.45, 7) is 5.35. The number of pyridine rings is 1. The summed E-state index contributed by atoms with van der Waals surface area (Å²) in [5, 5.41) is 16.9. The van der Waals surface area contributed by atoms with Crippen molar-refractivity contribution in [3.63, 3.8) is 0 Å². The molecule has 0 aliphatic heterocycles. The first-order chi connectivity index (χ1) is 8.04. The molecule has 0 radical (unpaired) electrons. The van der Waals surface area contributed by atoms with E-state index in [0.29, 0.717) is 18.3 Å². The summed E-state index contributed by atoms with van der Waals surface area (Å²) >= 11 is 0. The number of aryl methyl sites for hydroxylation is 1. The van der Waals surface area contributed by atoms with Crippen LogP contribution in [0.1, 0.15) is 12.5 Å². The minimum atomic E-state index is -0.412. The van der Waals surface area contributed by atoms with Gasteiger partial charge in [-0.3, -0.25) is 10.1 Å². The van der Waals surface area contributed by atoms with Crippen molar-refractivity contribution < 1.29 is 4.92 Å². The van der Waals surface area contributed by atoms with Crippen LogP contribution in [0.4, 0.5) is 11.5 Å². The van der Waals surface area contributed by atoms with Crippen LogP contribution in [0.25, 0.3) is 0 Å². The zero-order valence-electron chi connectivity index (χ0n) is 10.4. The average Bonchev–Trinajstić information content (AvgIpc) is 2.27. The predicted molar refractivity (Wildman–Crippen MR) is 67.2 cm³/mol. The van der Waals surface area contributed by atoms with Crippen molar-refractivity contribution >= 4 is 11.5 Å². The van der Waals surface area contributed by atoms with Gasteiger partial charge >= 0.3 is 5.69 Å². The molecule has 0 aliphatic rings. The Morgan fingerprint density at radius 2 is 2.24 bits per heavy atom. The smallest absolute Gasteiger partial charge is 0.311 e. The lowest BCUT2D eigenvalue weighted by Crippen LogP contribution is -2.23. The molecule has 0 aliphatic carbocycles.